The van der Waals surface area contributed by atoms with Gasteiger partial charge in [-0.15, -0.1) is 5.10 Å². The molecular weight excluding hydrogens is 254 g/mol. The Hall–Kier alpha value is -2.45. The zero-order chi connectivity index (χ0) is 14.6. The lowest BCUT2D eigenvalue weighted by Crippen LogP contribution is -2.43. The van der Waals surface area contributed by atoms with Crippen molar-refractivity contribution in [3.05, 3.63) is 11.4 Å². The maximum absolute atomic E-state index is 11.5. The van der Waals surface area contributed by atoms with Gasteiger partial charge in [-0.2, -0.15) is 0 Å². The number of carbonyl (C=O) groups is 3. The number of carboxylic acid groups (broad SMARTS) is 1. The molecule has 1 heterocycles. The summed E-state index contributed by atoms with van der Waals surface area (Å²) in [5.74, 6) is -1.83. The van der Waals surface area contributed by atoms with Crippen molar-refractivity contribution in [3.63, 3.8) is 0 Å². The fourth-order valence-corrected chi connectivity index (χ4v) is 1.31. The summed E-state index contributed by atoms with van der Waals surface area (Å²) in [5, 5.41) is 20.3. The van der Waals surface area contributed by atoms with E-state index in [2.05, 4.69) is 20.9 Å². The van der Waals surface area contributed by atoms with Crippen molar-refractivity contribution in [1.29, 1.82) is 0 Å². The van der Waals surface area contributed by atoms with Crippen LogP contribution < -0.4 is 10.6 Å². The highest BCUT2D eigenvalue weighted by molar-refractivity contribution is 5.94. The van der Waals surface area contributed by atoms with E-state index in [1.807, 2.05) is 0 Å². The van der Waals surface area contributed by atoms with Gasteiger partial charge in [0, 0.05) is 6.04 Å². The number of hydrogen-bond acceptors (Lipinski definition) is 5. The molecule has 0 spiro atoms. The molecule has 0 aliphatic heterocycles. The number of nitrogens with one attached hydrogen (secondary N) is 2. The topological polar surface area (TPSA) is 126 Å². The van der Waals surface area contributed by atoms with Crippen LogP contribution in [0.15, 0.2) is 0 Å². The van der Waals surface area contributed by atoms with Crippen molar-refractivity contribution in [2.75, 3.05) is 0 Å². The maximum atomic E-state index is 11.5. The minimum atomic E-state index is -1.22. The van der Waals surface area contributed by atoms with Crippen LogP contribution in [0.25, 0.3) is 0 Å². The average Bonchev–Trinajstić information content (AvgIpc) is 2.58. The Morgan fingerprint density at radius 3 is 2.47 bits per heavy atom. The Balaban J connectivity index is 2.63. The van der Waals surface area contributed by atoms with Crippen LogP contribution in [0.3, 0.4) is 0 Å². The predicted octanol–water partition coefficient (Wildman–Crippen LogP) is -0.481. The van der Waals surface area contributed by atoms with Crippen LogP contribution in [0, 0.1) is 6.92 Å². The summed E-state index contributed by atoms with van der Waals surface area (Å²) < 4.78 is 1.11. The molecule has 0 atom stereocenters. The van der Waals surface area contributed by atoms with Gasteiger partial charge in [0.25, 0.3) is 0 Å². The van der Waals surface area contributed by atoms with Crippen LogP contribution in [0.1, 0.15) is 30.0 Å². The number of carbonyl (C=O) groups excluding carboxylic acids is 2. The molecule has 104 valence electrons. The molecule has 1 rings (SSSR count). The van der Waals surface area contributed by atoms with Gasteiger partial charge in [0.1, 0.15) is 6.54 Å². The zero-order valence-electron chi connectivity index (χ0n) is 10.8. The van der Waals surface area contributed by atoms with Gasteiger partial charge in [0.15, 0.2) is 5.69 Å². The second kappa shape index (κ2) is 5.94. The number of nitrogens with zero attached hydrogens (tertiary/aromatic N) is 3. The number of aromatic carboxylic acids is 1. The van der Waals surface area contributed by atoms with Gasteiger partial charge < -0.3 is 10.4 Å². The number of amides is 3. The summed E-state index contributed by atoms with van der Waals surface area (Å²) in [6, 6.07) is -0.712. The first-order chi connectivity index (χ1) is 8.81. The van der Waals surface area contributed by atoms with Crippen LogP contribution >= 0.6 is 0 Å². The van der Waals surface area contributed by atoms with Crippen molar-refractivity contribution >= 4 is 17.9 Å². The van der Waals surface area contributed by atoms with E-state index in [-0.39, 0.29) is 24.0 Å². The summed E-state index contributed by atoms with van der Waals surface area (Å²) in [4.78, 5) is 33.5. The number of urea groups is 1. The van der Waals surface area contributed by atoms with Crippen molar-refractivity contribution in [2.24, 2.45) is 0 Å². The summed E-state index contributed by atoms with van der Waals surface area (Å²) in [7, 11) is 0. The fraction of sp³-hybridized carbons (Fsp3) is 0.500. The van der Waals surface area contributed by atoms with E-state index in [0.29, 0.717) is 0 Å². The Bertz CT molecular complexity index is 508. The van der Waals surface area contributed by atoms with Crippen molar-refractivity contribution in [2.45, 2.75) is 33.4 Å². The van der Waals surface area contributed by atoms with Crippen molar-refractivity contribution in [3.8, 4) is 0 Å². The maximum Gasteiger partial charge on any atom is 0.358 e. The van der Waals surface area contributed by atoms with Crippen LogP contribution in [0.5, 0.6) is 0 Å². The monoisotopic (exact) mass is 269 g/mol. The zero-order valence-corrected chi connectivity index (χ0v) is 10.8. The molecule has 1 aromatic rings. The molecule has 0 unspecified atom stereocenters. The number of aromatic nitrogens is 3. The average molecular weight is 269 g/mol. The standard InChI is InChI=1S/C10H15N5O4/c1-5(2)11-10(19)12-7(16)4-15-6(3)8(9(17)18)13-14-15/h5H,4H2,1-3H3,(H,17,18)(H2,11,12,16,19). The van der Waals surface area contributed by atoms with E-state index in [1.54, 1.807) is 13.8 Å². The Kier molecular flexibility index (Phi) is 4.56. The third kappa shape index (κ3) is 4.05. The van der Waals surface area contributed by atoms with Crippen molar-refractivity contribution in [1.82, 2.24) is 25.6 Å². The molecular formula is C10H15N5O4. The second-order valence-corrected chi connectivity index (χ2v) is 4.16. The van der Waals surface area contributed by atoms with E-state index in [9.17, 15) is 14.4 Å². The number of imide groups is 1. The van der Waals surface area contributed by atoms with E-state index >= 15 is 0 Å². The molecule has 0 bridgehead atoms. The first kappa shape index (κ1) is 14.6. The van der Waals surface area contributed by atoms with E-state index in [1.165, 1.54) is 6.92 Å². The van der Waals surface area contributed by atoms with Crippen LogP contribution in [-0.2, 0) is 11.3 Å². The molecule has 1 aromatic heterocycles. The minimum absolute atomic E-state index is 0.0977. The Morgan fingerprint density at radius 2 is 2.00 bits per heavy atom. The van der Waals surface area contributed by atoms with Crippen LogP contribution in [-0.4, -0.2) is 44.0 Å². The third-order valence-corrected chi connectivity index (χ3v) is 2.15. The first-order valence-corrected chi connectivity index (χ1v) is 5.55. The second-order valence-electron chi connectivity index (χ2n) is 4.16. The Labute approximate surface area is 109 Å². The van der Waals surface area contributed by atoms with Crippen LogP contribution in [0.2, 0.25) is 0 Å². The number of rotatable bonds is 4. The molecule has 0 aliphatic carbocycles. The number of carboxylic acids is 1. The SMILES string of the molecule is Cc1c(C(=O)O)nnn1CC(=O)NC(=O)NC(C)C. The largest absolute Gasteiger partial charge is 0.476 e. The molecule has 0 fully saturated rings. The highest BCUT2D eigenvalue weighted by Crippen LogP contribution is 2.02. The third-order valence-electron chi connectivity index (χ3n) is 2.15. The highest BCUT2D eigenvalue weighted by Gasteiger charge is 2.17. The molecule has 0 aliphatic rings. The molecule has 19 heavy (non-hydrogen) atoms. The van der Waals surface area contributed by atoms with E-state index in [0.717, 1.165) is 4.68 Å². The van der Waals surface area contributed by atoms with Crippen molar-refractivity contribution < 1.29 is 19.5 Å². The predicted molar refractivity (Wildman–Crippen MR) is 63.5 cm³/mol. The molecule has 0 saturated carbocycles. The van der Waals surface area contributed by atoms with Gasteiger partial charge >= 0.3 is 12.0 Å². The lowest BCUT2D eigenvalue weighted by atomic mass is 10.3. The smallest absolute Gasteiger partial charge is 0.358 e. The Morgan fingerprint density at radius 1 is 1.37 bits per heavy atom. The van der Waals surface area contributed by atoms with Gasteiger partial charge in [-0.3, -0.25) is 10.1 Å². The quantitative estimate of drug-likeness (QED) is 0.677. The summed E-state index contributed by atoms with van der Waals surface area (Å²) >= 11 is 0. The van der Waals surface area contributed by atoms with Gasteiger partial charge in [0.2, 0.25) is 5.91 Å². The first-order valence-electron chi connectivity index (χ1n) is 5.55. The lowest BCUT2D eigenvalue weighted by Gasteiger charge is -2.09. The van der Waals surface area contributed by atoms with E-state index in [4.69, 9.17) is 5.11 Å². The molecule has 0 aromatic carbocycles. The van der Waals surface area contributed by atoms with Gasteiger partial charge in [-0.1, -0.05) is 5.21 Å². The molecule has 9 heteroatoms. The fourth-order valence-electron chi connectivity index (χ4n) is 1.31. The van der Waals surface area contributed by atoms with Gasteiger partial charge in [-0.25, -0.2) is 14.3 Å². The molecule has 0 radical (unpaired) electrons. The summed E-state index contributed by atoms with van der Waals surface area (Å²) in [5.41, 5.74) is 0.0198. The van der Waals surface area contributed by atoms with Gasteiger partial charge in [0.05, 0.1) is 5.69 Å². The molecule has 0 saturated heterocycles. The highest BCUT2D eigenvalue weighted by atomic mass is 16.4. The molecule has 3 N–H and O–H groups in total. The number of hydrogen-bond donors (Lipinski definition) is 3. The molecule has 9 nitrogen and oxygen atoms in total. The summed E-state index contributed by atoms with van der Waals surface area (Å²) in [6.07, 6.45) is 0. The summed E-state index contributed by atoms with van der Waals surface area (Å²) in [6.45, 7) is 4.71. The molecule has 3 amide bonds. The van der Waals surface area contributed by atoms with Gasteiger partial charge in [-0.05, 0) is 20.8 Å². The lowest BCUT2D eigenvalue weighted by molar-refractivity contribution is -0.120. The van der Waals surface area contributed by atoms with E-state index < -0.39 is 17.9 Å². The minimum Gasteiger partial charge on any atom is -0.476 e. The van der Waals surface area contributed by atoms with Crippen LogP contribution in [0.4, 0.5) is 4.79 Å². The normalized spacial score (nSPS) is 10.3.